The maximum atomic E-state index is 2.37. The first-order valence-electron chi connectivity index (χ1n) is 6.35. The molecule has 2 heterocycles. The molecule has 1 nitrogen and oxygen atoms in total. The lowest BCUT2D eigenvalue weighted by Crippen LogP contribution is -3.00. The molecule has 2 heteroatoms. The molecule has 16 heavy (non-hydrogen) atoms. The fourth-order valence-corrected chi connectivity index (χ4v) is 3.46. The van der Waals surface area contributed by atoms with Crippen LogP contribution in [0.2, 0.25) is 0 Å². The molecule has 0 N–H and O–H groups in total. The number of fused-ring (bicyclic) bond motifs is 2. The summed E-state index contributed by atoms with van der Waals surface area (Å²) >= 11 is 0. The third-order valence-corrected chi connectivity index (χ3v) is 4.21. The predicted octanol–water partition coefficient (Wildman–Crippen LogP) is 0.128. The molecule has 0 atom stereocenters. The van der Waals surface area contributed by atoms with E-state index in [1.54, 1.807) is 11.3 Å². The molecule has 0 aromatic heterocycles. The Labute approximate surface area is 109 Å². The Balaban J connectivity index is 0.000000963. The smallest absolute Gasteiger partial charge is 0.136 e. The summed E-state index contributed by atoms with van der Waals surface area (Å²) in [7, 11) is 0. The van der Waals surface area contributed by atoms with Gasteiger partial charge in [0, 0.05) is 12.0 Å². The van der Waals surface area contributed by atoms with Crippen molar-refractivity contribution in [2.75, 3.05) is 19.6 Å². The third-order valence-electron chi connectivity index (χ3n) is 4.21. The molecule has 1 aromatic carbocycles. The lowest BCUT2D eigenvalue weighted by molar-refractivity contribution is -0.00000309. The van der Waals surface area contributed by atoms with Gasteiger partial charge in [0.2, 0.25) is 0 Å². The second-order valence-electron chi connectivity index (χ2n) is 5.11. The van der Waals surface area contributed by atoms with Gasteiger partial charge >= 0.3 is 0 Å². The van der Waals surface area contributed by atoms with Crippen LogP contribution < -0.4 is 21.5 Å². The Morgan fingerprint density at radius 1 is 0.812 bits per heavy atom. The molecule has 1 spiro atoms. The van der Waals surface area contributed by atoms with Crippen molar-refractivity contribution < 1.29 is 17.0 Å². The molecule has 2 aliphatic rings. The third kappa shape index (κ3) is 1.93. The number of para-hydroxylation sites is 1. The molecule has 3 rings (SSSR count). The van der Waals surface area contributed by atoms with Crippen LogP contribution in [0.5, 0.6) is 0 Å². The minimum atomic E-state index is 0. The molecule has 88 valence electrons. The van der Waals surface area contributed by atoms with Crippen molar-refractivity contribution in [1.82, 2.24) is 4.48 Å². The Morgan fingerprint density at radius 2 is 1.50 bits per heavy atom. The fraction of sp³-hybridized carbons (Fsp3) is 0.571. The number of piperidine rings is 1. The molecular formula is C14H20BrN. The largest absolute Gasteiger partial charge is 1.00 e. The zero-order valence-corrected chi connectivity index (χ0v) is 11.4. The van der Waals surface area contributed by atoms with Crippen LogP contribution in [0.3, 0.4) is 0 Å². The topological polar surface area (TPSA) is 0 Å². The van der Waals surface area contributed by atoms with Gasteiger partial charge in [0.15, 0.2) is 0 Å². The standard InChI is InChI=1S/C14H20N.BrH/c1-4-10-15(11-5-1)12-6-8-13-7-2-3-9-14(13)15;/h2-3,7,9H,1,4-6,8,10-12H2;1H/q+1;/p-1. The summed E-state index contributed by atoms with van der Waals surface area (Å²) < 4.78 is 1.30. The number of benzene rings is 1. The fourth-order valence-electron chi connectivity index (χ4n) is 3.46. The van der Waals surface area contributed by atoms with E-state index in [0.717, 1.165) is 0 Å². The molecule has 1 fully saturated rings. The Kier molecular flexibility index (Phi) is 3.70. The Bertz CT molecular complexity index is 356. The van der Waals surface area contributed by atoms with Crippen molar-refractivity contribution in [2.45, 2.75) is 32.1 Å². The molecule has 0 aliphatic carbocycles. The normalized spacial score (nSPS) is 22.2. The first-order chi connectivity index (χ1) is 7.41. The van der Waals surface area contributed by atoms with Gasteiger partial charge in [-0.3, -0.25) is 4.48 Å². The summed E-state index contributed by atoms with van der Waals surface area (Å²) in [5.41, 5.74) is 3.26. The zero-order chi connectivity index (χ0) is 10.1. The van der Waals surface area contributed by atoms with E-state index in [-0.39, 0.29) is 17.0 Å². The number of quaternary nitrogens is 1. The van der Waals surface area contributed by atoms with E-state index in [1.165, 1.54) is 56.2 Å². The van der Waals surface area contributed by atoms with Crippen molar-refractivity contribution in [3.05, 3.63) is 29.8 Å². The van der Waals surface area contributed by atoms with E-state index < -0.39 is 0 Å². The molecule has 1 aromatic rings. The molecule has 0 radical (unpaired) electrons. The molecular weight excluding hydrogens is 262 g/mol. The van der Waals surface area contributed by atoms with E-state index in [1.807, 2.05) is 0 Å². The summed E-state index contributed by atoms with van der Waals surface area (Å²) in [6, 6.07) is 9.13. The van der Waals surface area contributed by atoms with Gasteiger partial charge in [-0.15, -0.1) is 0 Å². The lowest BCUT2D eigenvalue weighted by atomic mass is 9.95. The van der Waals surface area contributed by atoms with Gasteiger partial charge in [-0.05, 0) is 31.7 Å². The van der Waals surface area contributed by atoms with Crippen molar-refractivity contribution >= 4 is 5.69 Å². The predicted molar refractivity (Wildman–Crippen MR) is 65.0 cm³/mol. The summed E-state index contributed by atoms with van der Waals surface area (Å²) in [4.78, 5) is 0. The maximum Gasteiger partial charge on any atom is 0.136 e. The van der Waals surface area contributed by atoms with Crippen LogP contribution in [-0.2, 0) is 6.42 Å². The SMILES string of the molecule is [Br-].c1ccc2c(c1)CCC[N+]21CCCCC1. The van der Waals surface area contributed by atoms with Gasteiger partial charge in [0.05, 0.1) is 19.6 Å². The number of nitrogens with zero attached hydrogens (tertiary/aromatic N) is 1. The molecule has 1 saturated heterocycles. The van der Waals surface area contributed by atoms with E-state index in [2.05, 4.69) is 24.3 Å². The van der Waals surface area contributed by atoms with Gasteiger partial charge in [-0.2, -0.15) is 0 Å². The molecule has 0 unspecified atom stereocenters. The molecule has 0 saturated carbocycles. The highest BCUT2D eigenvalue weighted by Gasteiger charge is 2.36. The van der Waals surface area contributed by atoms with E-state index >= 15 is 0 Å². The van der Waals surface area contributed by atoms with E-state index in [0.29, 0.717) is 0 Å². The van der Waals surface area contributed by atoms with Crippen LogP contribution in [0.4, 0.5) is 5.69 Å². The van der Waals surface area contributed by atoms with Crippen LogP contribution in [0, 0.1) is 0 Å². The van der Waals surface area contributed by atoms with E-state index in [4.69, 9.17) is 0 Å². The first-order valence-corrected chi connectivity index (χ1v) is 6.35. The Morgan fingerprint density at radius 3 is 2.31 bits per heavy atom. The minimum Gasteiger partial charge on any atom is -1.00 e. The second-order valence-corrected chi connectivity index (χ2v) is 5.11. The number of aryl methyl sites for hydroxylation is 1. The van der Waals surface area contributed by atoms with Crippen LogP contribution in [0.1, 0.15) is 31.2 Å². The molecule has 0 amide bonds. The van der Waals surface area contributed by atoms with E-state index in [9.17, 15) is 0 Å². The Hall–Kier alpha value is -0.340. The number of rotatable bonds is 0. The summed E-state index contributed by atoms with van der Waals surface area (Å²) in [5, 5.41) is 0. The summed E-state index contributed by atoms with van der Waals surface area (Å²) in [6.07, 6.45) is 6.98. The second kappa shape index (κ2) is 4.89. The van der Waals surface area contributed by atoms with Gasteiger partial charge in [-0.1, -0.05) is 18.2 Å². The quantitative estimate of drug-likeness (QED) is 0.593. The zero-order valence-electron chi connectivity index (χ0n) is 9.79. The van der Waals surface area contributed by atoms with Gasteiger partial charge in [-0.25, -0.2) is 0 Å². The van der Waals surface area contributed by atoms with Crippen LogP contribution >= 0.6 is 0 Å². The molecule has 0 bridgehead atoms. The minimum absolute atomic E-state index is 0. The highest BCUT2D eigenvalue weighted by molar-refractivity contribution is 5.52. The van der Waals surface area contributed by atoms with Gasteiger partial charge in [0.25, 0.3) is 0 Å². The maximum absolute atomic E-state index is 2.37. The lowest BCUT2D eigenvalue weighted by Gasteiger charge is -2.44. The highest BCUT2D eigenvalue weighted by atomic mass is 79.9. The number of hydrogen-bond donors (Lipinski definition) is 0. The van der Waals surface area contributed by atoms with Crippen molar-refractivity contribution in [1.29, 1.82) is 0 Å². The van der Waals surface area contributed by atoms with Crippen LogP contribution in [0.25, 0.3) is 0 Å². The van der Waals surface area contributed by atoms with Crippen LogP contribution in [0.15, 0.2) is 24.3 Å². The van der Waals surface area contributed by atoms with Gasteiger partial charge in [0.1, 0.15) is 5.69 Å². The average Bonchev–Trinajstić information content (AvgIpc) is 2.31. The monoisotopic (exact) mass is 281 g/mol. The van der Waals surface area contributed by atoms with Crippen molar-refractivity contribution in [2.24, 2.45) is 0 Å². The summed E-state index contributed by atoms with van der Waals surface area (Å²) in [6.45, 7) is 4.16. The highest BCUT2D eigenvalue weighted by Crippen LogP contribution is 2.36. The average molecular weight is 282 g/mol. The summed E-state index contributed by atoms with van der Waals surface area (Å²) in [5.74, 6) is 0. The number of hydrogen-bond acceptors (Lipinski definition) is 0. The van der Waals surface area contributed by atoms with Gasteiger partial charge < -0.3 is 17.0 Å². The van der Waals surface area contributed by atoms with Crippen molar-refractivity contribution in [3.63, 3.8) is 0 Å². The van der Waals surface area contributed by atoms with Crippen LogP contribution in [-0.4, -0.2) is 19.6 Å². The van der Waals surface area contributed by atoms with Crippen molar-refractivity contribution in [3.8, 4) is 0 Å². The number of halogens is 1. The first kappa shape index (κ1) is 12.1. The molecule has 2 aliphatic heterocycles.